The molecule has 0 amide bonds. The van der Waals surface area contributed by atoms with Crippen LogP contribution in [0.2, 0.25) is 0 Å². The van der Waals surface area contributed by atoms with Crippen LogP contribution in [0.1, 0.15) is 115 Å². The highest BCUT2D eigenvalue weighted by Crippen LogP contribution is 2.44. The fourth-order valence-corrected chi connectivity index (χ4v) is 7.09. The molecule has 38 heavy (non-hydrogen) atoms. The lowest BCUT2D eigenvalue weighted by atomic mass is 9.68. The van der Waals surface area contributed by atoms with E-state index in [-0.39, 0.29) is 17.6 Å². The molecule has 3 fully saturated rings. The van der Waals surface area contributed by atoms with E-state index in [0.717, 1.165) is 74.7 Å². The molecule has 0 spiro atoms. The van der Waals surface area contributed by atoms with E-state index in [1.165, 1.54) is 44.9 Å². The summed E-state index contributed by atoms with van der Waals surface area (Å²) in [5, 5.41) is 0. The van der Waals surface area contributed by atoms with Crippen LogP contribution in [0, 0.1) is 48.8 Å². The number of hydrogen-bond donors (Lipinski definition) is 0. The quantitative estimate of drug-likeness (QED) is 0.0679. The lowest BCUT2D eigenvalue weighted by Crippen LogP contribution is -2.27. The van der Waals surface area contributed by atoms with Crippen molar-refractivity contribution in [2.45, 2.75) is 109 Å². The monoisotopic (exact) mass is 528 g/mol. The number of carbonyl (C=O) groups is 1. The first-order valence-electron chi connectivity index (χ1n) is 15.4. The van der Waals surface area contributed by atoms with Gasteiger partial charge in [0.25, 0.3) is 0 Å². The number of unbranched alkanes of at least 4 members (excludes halogenated alkanes) is 2. The summed E-state index contributed by atoms with van der Waals surface area (Å²) in [5.41, 5.74) is 1.06. The van der Waals surface area contributed by atoms with Crippen molar-refractivity contribution >= 4 is 5.97 Å². The minimum atomic E-state index is -0.411. The van der Waals surface area contributed by atoms with Crippen molar-refractivity contribution < 1.29 is 23.7 Å². The van der Waals surface area contributed by atoms with E-state index in [1.54, 1.807) is 12.1 Å². The zero-order chi connectivity index (χ0) is 26.7. The van der Waals surface area contributed by atoms with Gasteiger partial charge in [0.1, 0.15) is 0 Å². The molecule has 0 saturated heterocycles. The first-order chi connectivity index (χ1) is 18.6. The highest BCUT2D eigenvalue weighted by atomic mass is 19.1. The summed E-state index contributed by atoms with van der Waals surface area (Å²) >= 11 is 0. The van der Waals surface area contributed by atoms with Crippen LogP contribution >= 0.6 is 0 Å². The number of halogens is 1. The van der Waals surface area contributed by atoms with E-state index < -0.39 is 5.82 Å². The van der Waals surface area contributed by atoms with Crippen LogP contribution in [0.25, 0.3) is 0 Å². The summed E-state index contributed by atoms with van der Waals surface area (Å²) in [6.45, 7) is 7.14. The van der Waals surface area contributed by atoms with Gasteiger partial charge >= 0.3 is 5.97 Å². The lowest BCUT2D eigenvalue weighted by molar-refractivity contribution is -0.302. The smallest absolute Gasteiger partial charge is 0.314 e. The summed E-state index contributed by atoms with van der Waals surface area (Å²) < 4.78 is 20.5. The lowest BCUT2D eigenvalue weighted by Gasteiger charge is -2.38. The molecule has 4 rings (SSSR count). The van der Waals surface area contributed by atoms with Crippen LogP contribution in [0.4, 0.5) is 4.39 Å². The number of hydrogen-bond acceptors (Lipinski definition) is 4. The third-order valence-electron chi connectivity index (χ3n) is 9.75. The first-order valence-corrected chi connectivity index (χ1v) is 15.4. The van der Waals surface area contributed by atoms with E-state index >= 15 is 0 Å². The zero-order valence-corrected chi connectivity index (χ0v) is 23.5. The summed E-state index contributed by atoms with van der Waals surface area (Å²) in [6.07, 6.45) is 18.7. The third kappa shape index (κ3) is 8.45. The molecule has 3 aliphatic carbocycles. The highest BCUT2D eigenvalue weighted by molar-refractivity contribution is 5.75. The summed E-state index contributed by atoms with van der Waals surface area (Å²) in [7, 11) is 0. The van der Waals surface area contributed by atoms with Crippen LogP contribution in [0.5, 0.6) is 5.75 Å². The van der Waals surface area contributed by atoms with Crippen LogP contribution in [0.3, 0.4) is 0 Å². The summed E-state index contributed by atoms with van der Waals surface area (Å²) in [5.74, 6) is 2.68. The van der Waals surface area contributed by atoms with Crippen molar-refractivity contribution in [1.29, 1.82) is 0 Å². The van der Waals surface area contributed by atoms with Crippen molar-refractivity contribution in [3.05, 3.63) is 42.9 Å². The van der Waals surface area contributed by atoms with Crippen molar-refractivity contribution in [3.63, 3.8) is 0 Å². The molecular weight excluding hydrogens is 479 g/mol. The van der Waals surface area contributed by atoms with E-state index in [9.17, 15) is 9.18 Å². The molecule has 0 aliphatic heterocycles. The molecule has 3 aliphatic rings. The molecule has 0 aromatic heterocycles. The van der Waals surface area contributed by atoms with Crippen LogP contribution in [0.15, 0.2) is 18.2 Å². The fraction of sp³-hybridized carbons (Fsp3) is 0.727. The Hall–Kier alpha value is -1.59. The number of rotatable bonds is 12. The average molecular weight is 529 g/mol. The van der Waals surface area contributed by atoms with Gasteiger partial charge in [0, 0.05) is 0 Å². The van der Waals surface area contributed by atoms with Crippen LogP contribution in [-0.4, -0.2) is 19.2 Å². The van der Waals surface area contributed by atoms with E-state index in [4.69, 9.17) is 14.5 Å². The molecule has 0 unspecified atom stereocenters. The number of esters is 1. The van der Waals surface area contributed by atoms with Crippen LogP contribution < -0.4 is 4.74 Å². The minimum Gasteiger partial charge on any atom is -0.423 e. The molecule has 0 bridgehead atoms. The van der Waals surface area contributed by atoms with Gasteiger partial charge in [-0.25, -0.2) is 14.2 Å². The Morgan fingerprint density at radius 1 is 0.921 bits per heavy atom. The number of benzene rings is 1. The SMILES string of the molecule is [CH2+][CH-]CCCOOCC1CCC(C(=O)Oc2ccc(C3CCC(C4CCC(CC)CC4)CC3)cc2F)CC1. The Labute approximate surface area is 230 Å². The van der Waals surface area contributed by atoms with E-state index in [0.29, 0.717) is 25.0 Å². The predicted molar refractivity (Wildman–Crippen MR) is 149 cm³/mol. The van der Waals surface area contributed by atoms with Gasteiger partial charge in [-0.05, 0) is 111 Å². The Bertz CT molecular complexity index is 833. The van der Waals surface area contributed by atoms with Gasteiger partial charge in [0.05, 0.1) is 19.1 Å². The maximum Gasteiger partial charge on any atom is 0.314 e. The second-order valence-corrected chi connectivity index (χ2v) is 12.2. The molecule has 212 valence electrons. The molecule has 0 N–H and O–H groups in total. The van der Waals surface area contributed by atoms with Crippen molar-refractivity contribution in [2.75, 3.05) is 13.2 Å². The summed E-state index contributed by atoms with van der Waals surface area (Å²) in [4.78, 5) is 23.3. The second kappa shape index (κ2) is 15.3. The van der Waals surface area contributed by atoms with Gasteiger partial charge in [-0.2, -0.15) is 0 Å². The molecule has 0 heterocycles. The van der Waals surface area contributed by atoms with Crippen molar-refractivity contribution in [3.8, 4) is 5.75 Å². The van der Waals surface area contributed by atoms with E-state index in [1.807, 2.05) is 12.5 Å². The van der Waals surface area contributed by atoms with Gasteiger partial charge in [-0.3, -0.25) is 4.79 Å². The Balaban J connectivity index is 1.17. The van der Waals surface area contributed by atoms with Gasteiger partial charge in [-0.1, -0.05) is 45.6 Å². The maximum atomic E-state index is 15.0. The topological polar surface area (TPSA) is 44.8 Å². The molecule has 1 aromatic carbocycles. The standard InChI is InChI=1S/C33H49FO4/c1-3-5-6-21-36-37-23-25-9-13-29(14-10-25)33(35)38-32-20-19-30(22-31(32)34)28-17-15-27(16-18-28)26-11-7-24(4-2)8-12-26/h3,19-20,22,24-29H,1,4-18,21,23H2,2H3. The number of carbonyl (C=O) groups excluding carboxylic acids is 1. The molecule has 3 saturated carbocycles. The Morgan fingerprint density at radius 3 is 2.21 bits per heavy atom. The Kier molecular flexibility index (Phi) is 11.8. The third-order valence-corrected chi connectivity index (χ3v) is 9.75. The Morgan fingerprint density at radius 2 is 1.58 bits per heavy atom. The van der Waals surface area contributed by atoms with Crippen molar-refractivity contribution in [2.24, 2.45) is 29.6 Å². The molecule has 1 aromatic rings. The highest BCUT2D eigenvalue weighted by Gasteiger charge is 2.32. The molecule has 0 radical (unpaired) electrons. The summed E-state index contributed by atoms with van der Waals surface area (Å²) in [6, 6.07) is 5.26. The first kappa shape index (κ1) is 29.4. The largest absolute Gasteiger partial charge is 0.423 e. The second-order valence-electron chi connectivity index (χ2n) is 12.2. The molecular formula is C33H49FO4. The number of ether oxygens (including phenoxy) is 1. The average Bonchev–Trinajstić information content (AvgIpc) is 2.96. The zero-order valence-electron chi connectivity index (χ0n) is 23.5. The van der Waals surface area contributed by atoms with E-state index in [2.05, 4.69) is 13.8 Å². The van der Waals surface area contributed by atoms with Crippen LogP contribution in [-0.2, 0) is 14.6 Å². The molecule has 0 atom stereocenters. The fourth-order valence-electron chi connectivity index (χ4n) is 7.09. The maximum absolute atomic E-state index is 15.0. The van der Waals surface area contributed by atoms with Gasteiger partial charge in [-0.15, -0.1) is 12.8 Å². The molecule has 4 nitrogen and oxygen atoms in total. The normalized spacial score (nSPS) is 30.2. The molecule has 5 heteroatoms. The minimum absolute atomic E-state index is 0.0681. The predicted octanol–water partition coefficient (Wildman–Crippen LogP) is 8.79. The van der Waals surface area contributed by atoms with Crippen molar-refractivity contribution in [1.82, 2.24) is 0 Å². The van der Waals surface area contributed by atoms with Gasteiger partial charge in [0.2, 0.25) is 0 Å². The van der Waals surface area contributed by atoms with Gasteiger partial charge < -0.3 is 4.74 Å². The van der Waals surface area contributed by atoms with Gasteiger partial charge in [0.15, 0.2) is 11.6 Å².